The molecule has 2 heteroatoms. The van der Waals surface area contributed by atoms with Crippen LogP contribution in [0.1, 0.15) is 0 Å². The normalized spacial score (nSPS) is 11.8. The number of rotatable bonds is 0. The first-order valence-corrected chi connectivity index (χ1v) is 6.12. The zero-order valence-corrected chi connectivity index (χ0v) is 9.34. The molecule has 2 heterocycles. The van der Waals surface area contributed by atoms with Crippen molar-refractivity contribution in [1.29, 1.82) is 0 Å². The Labute approximate surface area is 96.3 Å². The highest BCUT2D eigenvalue weighted by Gasteiger charge is 2.07. The summed E-state index contributed by atoms with van der Waals surface area (Å²) in [6.45, 7) is 0. The van der Waals surface area contributed by atoms with Gasteiger partial charge in [0.25, 0.3) is 0 Å². The van der Waals surface area contributed by atoms with Gasteiger partial charge in [0.15, 0.2) is 0 Å². The predicted molar refractivity (Wildman–Crippen MR) is 71.2 cm³/mol. The maximum atomic E-state index is 3.27. The zero-order chi connectivity index (χ0) is 10.5. The summed E-state index contributed by atoms with van der Waals surface area (Å²) in [4.78, 5) is 3.27. The van der Waals surface area contributed by atoms with Gasteiger partial charge in [0.05, 0.1) is 0 Å². The van der Waals surface area contributed by atoms with Crippen molar-refractivity contribution in [2.75, 3.05) is 0 Å². The Kier molecular flexibility index (Phi) is 1.50. The second-order valence-corrected chi connectivity index (χ2v) is 5.06. The van der Waals surface area contributed by atoms with Crippen LogP contribution < -0.4 is 0 Å². The van der Waals surface area contributed by atoms with Gasteiger partial charge in [0, 0.05) is 37.3 Å². The first-order valence-electron chi connectivity index (χ1n) is 5.31. The van der Waals surface area contributed by atoms with E-state index < -0.39 is 0 Å². The van der Waals surface area contributed by atoms with E-state index in [2.05, 4.69) is 47.4 Å². The molecule has 0 radical (unpaired) electrons. The number of H-pyrrole nitrogens is 1. The maximum absolute atomic E-state index is 3.27. The van der Waals surface area contributed by atoms with Crippen LogP contribution in [0.2, 0.25) is 0 Å². The monoisotopic (exact) mass is 223 g/mol. The van der Waals surface area contributed by atoms with Crippen LogP contribution >= 0.6 is 11.3 Å². The molecule has 0 amide bonds. The van der Waals surface area contributed by atoms with Crippen molar-refractivity contribution in [2.24, 2.45) is 0 Å². The molecule has 0 saturated heterocycles. The Morgan fingerprint density at radius 3 is 2.75 bits per heavy atom. The lowest BCUT2D eigenvalue weighted by Gasteiger charge is -1.94. The third kappa shape index (κ3) is 0.947. The summed E-state index contributed by atoms with van der Waals surface area (Å²) in [7, 11) is 0. The van der Waals surface area contributed by atoms with Gasteiger partial charge in [-0.05, 0) is 24.3 Å². The Hall–Kier alpha value is -1.80. The second kappa shape index (κ2) is 2.86. The minimum absolute atomic E-state index is 1.22. The number of fused-ring (bicyclic) bond motifs is 5. The van der Waals surface area contributed by atoms with Crippen molar-refractivity contribution < 1.29 is 0 Å². The van der Waals surface area contributed by atoms with Gasteiger partial charge < -0.3 is 4.98 Å². The topological polar surface area (TPSA) is 15.8 Å². The van der Waals surface area contributed by atoms with Crippen LogP contribution in [0.15, 0.2) is 48.7 Å². The molecule has 2 aromatic carbocycles. The predicted octanol–water partition coefficient (Wildman–Crippen LogP) is 4.54. The molecule has 0 aliphatic heterocycles. The Bertz CT molecular complexity index is 807. The van der Waals surface area contributed by atoms with Gasteiger partial charge in [0.2, 0.25) is 0 Å². The van der Waals surface area contributed by atoms with Crippen molar-refractivity contribution in [1.82, 2.24) is 4.98 Å². The SMILES string of the molecule is c1ccc2c(c1)sc1ccc3[nH]ccc3c12. The summed E-state index contributed by atoms with van der Waals surface area (Å²) >= 11 is 1.87. The fraction of sp³-hybridized carbons (Fsp3) is 0. The summed E-state index contributed by atoms with van der Waals surface area (Å²) in [6.07, 6.45) is 2.01. The van der Waals surface area contributed by atoms with E-state index in [-0.39, 0.29) is 0 Å². The van der Waals surface area contributed by atoms with Gasteiger partial charge >= 0.3 is 0 Å². The highest BCUT2D eigenvalue weighted by Crippen LogP contribution is 2.37. The third-order valence-corrected chi connectivity index (χ3v) is 4.21. The number of aromatic nitrogens is 1. The van der Waals surface area contributed by atoms with Crippen LogP contribution in [-0.4, -0.2) is 4.98 Å². The number of thiophene rings is 1. The molecule has 0 bridgehead atoms. The van der Waals surface area contributed by atoms with Crippen LogP contribution in [0.25, 0.3) is 31.1 Å². The first-order chi connectivity index (χ1) is 7.93. The molecule has 0 atom stereocenters. The lowest BCUT2D eigenvalue weighted by Crippen LogP contribution is -1.69. The van der Waals surface area contributed by atoms with Gasteiger partial charge in [-0.2, -0.15) is 0 Å². The summed E-state index contributed by atoms with van der Waals surface area (Å²) in [6, 6.07) is 15.1. The van der Waals surface area contributed by atoms with Crippen molar-refractivity contribution >= 4 is 42.4 Å². The molecule has 76 valence electrons. The summed E-state index contributed by atoms with van der Waals surface area (Å²) in [5.41, 5.74) is 1.22. The molecule has 1 N–H and O–H groups in total. The van der Waals surface area contributed by atoms with Crippen LogP contribution in [0.3, 0.4) is 0 Å². The number of hydrogen-bond donors (Lipinski definition) is 1. The summed E-state index contributed by atoms with van der Waals surface area (Å²) in [5, 5.41) is 4.09. The highest BCUT2D eigenvalue weighted by molar-refractivity contribution is 7.26. The lowest BCUT2D eigenvalue weighted by molar-refractivity contribution is 1.48. The van der Waals surface area contributed by atoms with Crippen molar-refractivity contribution in [3.05, 3.63) is 48.7 Å². The molecule has 4 rings (SSSR count). The molecule has 1 nitrogen and oxygen atoms in total. The van der Waals surface area contributed by atoms with E-state index in [0.717, 1.165) is 0 Å². The fourth-order valence-electron chi connectivity index (χ4n) is 2.36. The molecule has 0 fully saturated rings. The number of benzene rings is 2. The van der Waals surface area contributed by atoms with E-state index in [1.54, 1.807) is 0 Å². The average molecular weight is 223 g/mol. The first kappa shape index (κ1) is 8.36. The molecule has 0 saturated carbocycles. The standard InChI is InChI=1S/C14H9NS/c1-2-4-12-10(3-1)14-9-7-8-15-11(9)5-6-13(14)16-12/h1-8,15H. The third-order valence-electron chi connectivity index (χ3n) is 3.07. The minimum atomic E-state index is 1.22. The molecule has 0 spiro atoms. The zero-order valence-electron chi connectivity index (χ0n) is 8.53. The van der Waals surface area contributed by atoms with Gasteiger partial charge in [0.1, 0.15) is 0 Å². The van der Waals surface area contributed by atoms with Crippen LogP contribution in [-0.2, 0) is 0 Å². The van der Waals surface area contributed by atoms with E-state index >= 15 is 0 Å². The van der Waals surface area contributed by atoms with E-state index in [1.807, 2.05) is 17.5 Å². The summed E-state index contributed by atoms with van der Waals surface area (Å²) < 4.78 is 2.74. The van der Waals surface area contributed by atoms with Crippen molar-refractivity contribution in [3.63, 3.8) is 0 Å². The summed E-state index contributed by atoms with van der Waals surface area (Å²) in [5.74, 6) is 0. The molecule has 16 heavy (non-hydrogen) atoms. The van der Waals surface area contributed by atoms with Crippen LogP contribution in [0.5, 0.6) is 0 Å². The van der Waals surface area contributed by atoms with E-state index in [1.165, 1.54) is 31.1 Å². The van der Waals surface area contributed by atoms with E-state index in [4.69, 9.17) is 0 Å². The van der Waals surface area contributed by atoms with Gasteiger partial charge in [-0.15, -0.1) is 11.3 Å². The fourth-order valence-corrected chi connectivity index (χ4v) is 3.48. The van der Waals surface area contributed by atoms with E-state index in [9.17, 15) is 0 Å². The van der Waals surface area contributed by atoms with Gasteiger partial charge in [-0.3, -0.25) is 0 Å². The second-order valence-electron chi connectivity index (χ2n) is 3.98. The number of hydrogen-bond acceptors (Lipinski definition) is 1. The van der Waals surface area contributed by atoms with Crippen LogP contribution in [0, 0.1) is 0 Å². The molecule has 2 aromatic heterocycles. The molecular weight excluding hydrogens is 214 g/mol. The number of aromatic amines is 1. The quantitative estimate of drug-likeness (QED) is 0.450. The van der Waals surface area contributed by atoms with Gasteiger partial charge in [-0.25, -0.2) is 0 Å². The van der Waals surface area contributed by atoms with Crippen molar-refractivity contribution in [2.45, 2.75) is 0 Å². The highest BCUT2D eigenvalue weighted by atomic mass is 32.1. The van der Waals surface area contributed by atoms with E-state index in [0.29, 0.717) is 0 Å². The maximum Gasteiger partial charge on any atom is 0.0461 e. The Morgan fingerprint density at radius 2 is 1.75 bits per heavy atom. The van der Waals surface area contributed by atoms with Gasteiger partial charge in [-0.1, -0.05) is 18.2 Å². The minimum Gasteiger partial charge on any atom is -0.361 e. The van der Waals surface area contributed by atoms with Crippen molar-refractivity contribution in [3.8, 4) is 0 Å². The molecule has 0 aliphatic carbocycles. The Balaban J connectivity index is 2.42. The molecule has 0 unspecified atom stereocenters. The smallest absolute Gasteiger partial charge is 0.0461 e. The molecule has 4 aromatic rings. The number of nitrogens with one attached hydrogen (secondary N) is 1. The lowest BCUT2D eigenvalue weighted by atomic mass is 10.1. The Morgan fingerprint density at radius 1 is 0.812 bits per heavy atom. The largest absolute Gasteiger partial charge is 0.361 e. The van der Waals surface area contributed by atoms with Crippen LogP contribution in [0.4, 0.5) is 0 Å². The molecular formula is C14H9NS. The average Bonchev–Trinajstić information content (AvgIpc) is 2.91. The molecule has 0 aliphatic rings.